The summed E-state index contributed by atoms with van der Waals surface area (Å²) in [6, 6.07) is 3.53. The number of anilines is 1. The van der Waals surface area contributed by atoms with E-state index in [2.05, 4.69) is 9.97 Å². The van der Waals surface area contributed by atoms with Crippen LogP contribution in [0.15, 0.2) is 30.6 Å². The molecule has 1 aromatic carbocycles. The maximum absolute atomic E-state index is 15.3. The van der Waals surface area contributed by atoms with Crippen molar-refractivity contribution in [3.8, 4) is 0 Å². The number of carbonyl (C=O) groups excluding carboxylic acids is 2. The molecule has 188 valence electrons. The third-order valence-electron chi connectivity index (χ3n) is 5.75. The van der Waals surface area contributed by atoms with Crippen molar-refractivity contribution < 1.29 is 27.1 Å². The van der Waals surface area contributed by atoms with E-state index in [1.165, 1.54) is 6.20 Å². The van der Waals surface area contributed by atoms with Crippen LogP contribution in [0.5, 0.6) is 0 Å². The number of hydrogen-bond acceptors (Lipinski definition) is 5. The second-order valence-corrected chi connectivity index (χ2v) is 8.79. The number of H-pyrrole nitrogens is 1. The molecule has 0 bridgehead atoms. The van der Waals surface area contributed by atoms with Crippen molar-refractivity contribution >= 4 is 39.7 Å². The van der Waals surface area contributed by atoms with Crippen LogP contribution in [0, 0.1) is 11.6 Å². The predicted molar refractivity (Wildman–Crippen MR) is 129 cm³/mol. The number of fused-ring (bicyclic) bond motifs is 1. The van der Waals surface area contributed by atoms with Crippen molar-refractivity contribution in [1.82, 2.24) is 14.9 Å². The highest BCUT2D eigenvalue weighted by atomic mass is 32.2. The summed E-state index contributed by atoms with van der Waals surface area (Å²) in [6.45, 7) is 6.69. The molecule has 1 amide bonds. The first-order chi connectivity index (χ1) is 16.7. The number of nitrogens with one attached hydrogen (secondary N) is 1. The van der Waals surface area contributed by atoms with E-state index >= 15 is 4.39 Å². The van der Waals surface area contributed by atoms with Gasteiger partial charge in [-0.15, -0.1) is 0 Å². The summed E-state index contributed by atoms with van der Waals surface area (Å²) < 4.78 is 53.9. The topological polar surface area (TPSA) is 109 Å². The minimum atomic E-state index is -2.80. The SMILES string of the molecule is CCCN(c1ccc(F)c(C(=O)c2c[nH]c3ncc(CCC(=O)N(CC)CC)cc23)c1F)S(=O)[O-]. The van der Waals surface area contributed by atoms with Gasteiger partial charge in [-0.2, -0.15) is 0 Å². The van der Waals surface area contributed by atoms with Crippen LogP contribution in [-0.2, 0) is 22.5 Å². The van der Waals surface area contributed by atoms with Crippen molar-refractivity contribution in [2.45, 2.75) is 40.0 Å². The molecule has 1 unspecified atom stereocenters. The third kappa shape index (κ3) is 5.57. The molecule has 0 aliphatic rings. The Balaban J connectivity index is 1.97. The van der Waals surface area contributed by atoms with Crippen molar-refractivity contribution in [1.29, 1.82) is 0 Å². The van der Waals surface area contributed by atoms with Crippen LogP contribution in [0.2, 0.25) is 0 Å². The van der Waals surface area contributed by atoms with Crippen LogP contribution in [0.3, 0.4) is 0 Å². The largest absolute Gasteiger partial charge is 0.755 e. The Morgan fingerprint density at radius 1 is 1.17 bits per heavy atom. The van der Waals surface area contributed by atoms with Gasteiger partial charge in [-0.25, -0.2) is 13.8 Å². The van der Waals surface area contributed by atoms with Gasteiger partial charge in [0.1, 0.15) is 11.5 Å². The fourth-order valence-electron chi connectivity index (χ4n) is 3.91. The quantitative estimate of drug-likeness (QED) is 0.314. The van der Waals surface area contributed by atoms with Gasteiger partial charge in [0.25, 0.3) is 0 Å². The molecule has 0 saturated heterocycles. The van der Waals surface area contributed by atoms with E-state index in [-0.39, 0.29) is 24.4 Å². The molecule has 35 heavy (non-hydrogen) atoms. The molecular formula is C24H27F2N4O4S-. The van der Waals surface area contributed by atoms with Gasteiger partial charge in [-0.3, -0.25) is 18.1 Å². The number of aromatic nitrogens is 2. The van der Waals surface area contributed by atoms with Gasteiger partial charge in [-0.1, -0.05) is 6.92 Å². The average molecular weight is 506 g/mol. The number of rotatable bonds is 11. The highest BCUT2D eigenvalue weighted by Gasteiger charge is 2.26. The maximum Gasteiger partial charge on any atom is 0.222 e. The average Bonchev–Trinajstić information content (AvgIpc) is 3.25. The molecule has 0 aliphatic carbocycles. The molecule has 0 saturated carbocycles. The van der Waals surface area contributed by atoms with Crippen LogP contribution in [-0.4, -0.2) is 55.0 Å². The maximum atomic E-state index is 15.3. The number of carbonyl (C=O) groups is 2. The molecule has 1 atom stereocenters. The summed E-state index contributed by atoms with van der Waals surface area (Å²) in [5, 5.41) is 0.352. The number of aryl methyl sites for hydroxylation is 1. The lowest BCUT2D eigenvalue weighted by Crippen LogP contribution is -2.30. The van der Waals surface area contributed by atoms with Crippen LogP contribution in [0.25, 0.3) is 11.0 Å². The molecule has 3 aromatic rings. The molecule has 2 heterocycles. The van der Waals surface area contributed by atoms with E-state index in [0.29, 0.717) is 42.5 Å². The third-order valence-corrected chi connectivity index (χ3v) is 6.49. The van der Waals surface area contributed by atoms with Gasteiger partial charge in [0.15, 0.2) is 5.82 Å². The Labute approximate surface area is 204 Å². The molecule has 0 aliphatic heterocycles. The number of hydrogen-bond donors (Lipinski definition) is 1. The second-order valence-electron chi connectivity index (χ2n) is 7.91. The molecular weight excluding hydrogens is 478 g/mol. The van der Waals surface area contributed by atoms with Crippen LogP contribution < -0.4 is 4.31 Å². The van der Waals surface area contributed by atoms with Gasteiger partial charge in [0.2, 0.25) is 11.7 Å². The summed E-state index contributed by atoms with van der Waals surface area (Å²) in [7, 11) is 0. The molecule has 0 spiro atoms. The number of pyridine rings is 1. The first kappa shape index (κ1) is 26.4. The smallest absolute Gasteiger partial charge is 0.222 e. The first-order valence-electron chi connectivity index (χ1n) is 11.4. The van der Waals surface area contributed by atoms with E-state index in [4.69, 9.17) is 0 Å². The molecule has 8 nitrogen and oxygen atoms in total. The molecule has 0 radical (unpaired) electrons. The van der Waals surface area contributed by atoms with E-state index in [0.717, 1.165) is 16.4 Å². The van der Waals surface area contributed by atoms with Crippen molar-refractivity contribution in [2.24, 2.45) is 0 Å². The van der Waals surface area contributed by atoms with Crippen molar-refractivity contribution in [3.05, 3.63) is 58.9 Å². The number of ketones is 1. The zero-order chi connectivity index (χ0) is 25.7. The van der Waals surface area contributed by atoms with E-state index < -0.39 is 39.9 Å². The van der Waals surface area contributed by atoms with Gasteiger partial charge in [0, 0.05) is 60.7 Å². The van der Waals surface area contributed by atoms with Crippen molar-refractivity contribution in [3.63, 3.8) is 0 Å². The lowest BCUT2D eigenvalue weighted by molar-refractivity contribution is -0.130. The highest BCUT2D eigenvalue weighted by molar-refractivity contribution is 7.80. The molecule has 3 rings (SSSR count). The van der Waals surface area contributed by atoms with E-state index in [1.807, 2.05) is 13.8 Å². The fraction of sp³-hybridized carbons (Fsp3) is 0.375. The standard InChI is InChI=1S/C24H28F2N4O4S/c1-4-11-30(35(33)34)19-9-8-18(25)21(22(19)26)23(32)17-14-28-24-16(17)12-15(13-27-24)7-10-20(31)29(5-2)6-3/h8-9,12-14H,4-7,10-11H2,1-3H3,(H,27,28)(H,33,34)/p-1. The fourth-order valence-corrected chi connectivity index (χ4v) is 4.55. The normalized spacial score (nSPS) is 12.1. The van der Waals surface area contributed by atoms with E-state index in [9.17, 15) is 22.7 Å². The van der Waals surface area contributed by atoms with Gasteiger partial charge in [-0.05, 0) is 50.5 Å². The van der Waals surface area contributed by atoms with Gasteiger partial charge in [0.05, 0.1) is 11.3 Å². The monoisotopic (exact) mass is 505 g/mol. The zero-order valence-corrected chi connectivity index (χ0v) is 20.6. The van der Waals surface area contributed by atoms with Crippen LogP contribution >= 0.6 is 0 Å². The summed E-state index contributed by atoms with van der Waals surface area (Å²) in [6.07, 6.45) is 3.92. The zero-order valence-electron chi connectivity index (χ0n) is 19.8. The predicted octanol–water partition coefficient (Wildman–Crippen LogP) is 3.88. The molecule has 11 heteroatoms. The summed E-state index contributed by atoms with van der Waals surface area (Å²) in [5.41, 5.74) is -0.227. The second kappa shape index (κ2) is 11.5. The Hall–Kier alpha value is -3.18. The number of benzene rings is 1. The Morgan fingerprint density at radius 3 is 2.51 bits per heavy atom. The Bertz CT molecular complexity index is 1260. The lowest BCUT2D eigenvalue weighted by atomic mass is 10.00. The van der Waals surface area contributed by atoms with Gasteiger partial charge < -0.3 is 14.4 Å². The number of amides is 1. The minimum absolute atomic E-state index is 0.00573. The van der Waals surface area contributed by atoms with Gasteiger partial charge >= 0.3 is 0 Å². The Kier molecular flexibility index (Phi) is 8.68. The highest BCUT2D eigenvalue weighted by Crippen LogP contribution is 2.29. The molecule has 1 N–H and O–H groups in total. The summed E-state index contributed by atoms with van der Waals surface area (Å²) in [4.78, 5) is 34.4. The lowest BCUT2D eigenvalue weighted by Gasteiger charge is -2.26. The number of aromatic amines is 1. The van der Waals surface area contributed by atoms with Crippen LogP contribution in [0.1, 0.15) is 55.1 Å². The number of halogens is 2. The molecule has 2 aromatic heterocycles. The van der Waals surface area contributed by atoms with Crippen molar-refractivity contribution in [2.75, 3.05) is 23.9 Å². The van der Waals surface area contributed by atoms with E-state index in [1.54, 1.807) is 24.1 Å². The number of nitrogens with zero attached hydrogens (tertiary/aromatic N) is 3. The Morgan fingerprint density at radius 2 is 1.89 bits per heavy atom. The minimum Gasteiger partial charge on any atom is -0.755 e. The molecule has 0 fully saturated rings. The summed E-state index contributed by atoms with van der Waals surface area (Å²) in [5.74, 6) is -3.31. The summed E-state index contributed by atoms with van der Waals surface area (Å²) >= 11 is -2.80. The first-order valence-corrected chi connectivity index (χ1v) is 12.4. The van der Waals surface area contributed by atoms with Crippen LogP contribution in [0.4, 0.5) is 14.5 Å².